The monoisotopic (exact) mass is 500 g/mol. The van der Waals surface area contributed by atoms with Crippen molar-refractivity contribution < 1.29 is 44.0 Å². The van der Waals surface area contributed by atoms with Crippen LogP contribution in [0.3, 0.4) is 0 Å². The highest BCUT2D eigenvalue weighted by atomic mass is 16.5. The second kappa shape index (κ2) is 13.5. The van der Waals surface area contributed by atoms with Crippen molar-refractivity contribution in [1.29, 1.82) is 0 Å². The number of amides is 2. The minimum absolute atomic E-state index is 0.00598. The first-order valence-corrected chi connectivity index (χ1v) is 11.3. The van der Waals surface area contributed by atoms with E-state index in [1.165, 1.54) is 48.5 Å². The summed E-state index contributed by atoms with van der Waals surface area (Å²) < 4.78 is 4.98. The van der Waals surface area contributed by atoms with Gasteiger partial charge in [0, 0.05) is 13.0 Å². The lowest BCUT2D eigenvalue weighted by Crippen LogP contribution is -2.48. The molecular formula is C25H28N2O9. The summed E-state index contributed by atoms with van der Waals surface area (Å²) in [5.74, 6) is -5.78. The van der Waals surface area contributed by atoms with E-state index >= 15 is 0 Å². The molecule has 2 aromatic rings. The Morgan fingerprint density at radius 3 is 2.03 bits per heavy atom. The van der Waals surface area contributed by atoms with Crippen molar-refractivity contribution in [2.75, 3.05) is 6.54 Å². The number of carbonyl (C=O) groups excluding carboxylic acids is 2. The Balaban J connectivity index is 2.20. The predicted molar refractivity (Wildman–Crippen MR) is 127 cm³/mol. The molecule has 0 heterocycles. The zero-order chi connectivity index (χ0) is 26.7. The van der Waals surface area contributed by atoms with Crippen LogP contribution >= 0.6 is 0 Å². The summed E-state index contributed by atoms with van der Waals surface area (Å²) in [6.07, 6.45) is 0.582. The number of carboxylic acid groups (broad SMARTS) is 3. The molecule has 1 atom stereocenters. The lowest BCUT2D eigenvalue weighted by Gasteiger charge is -2.19. The van der Waals surface area contributed by atoms with Crippen molar-refractivity contribution >= 4 is 29.7 Å². The lowest BCUT2D eigenvalue weighted by atomic mass is 10.0. The van der Waals surface area contributed by atoms with Gasteiger partial charge in [-0.1, -0.05) is 44.0 Å². The number of unbranched alkanes of at least 4 members (excludes halogenated alkanes) is 2. The van der Waals surface area contributed by atoms with Crippen LogP contribution in [-0.4, -0.2) is 63.7 Å². The molecule has 11 heteroatoms. The van der Waals surface area contributed by atoms with Crippen LogP contribution in [0.5, 0.6) is 5.75 Å². The first kappa shape index (κ1) is 27.8. The van der Waals surface area contributed by atoms with E-state index in [1.807, 2.05) is 6.92 Å². The Morgan fingerprint density at radius 2 is 1.47 bits per heavy atom. The van der Waals surface area contributed by atoms with E-state index < -0.39 is 41.9 Å². The first-order valence-electron chi connectivity index (χ1n) is 11.3. The van der Waals surface area contributed by atoms with Gasteiger partial charge in [0.15, 0.2) is 0 Å². The van der Waals surface area contributed by atoms with Crippen molar-refractivity contribution in [2.45, 2.75) is 44.8 Å². The fraction of sp³-hybridized carbons (Fsp3) is 0.320. The molecule has 5 N–H and O–H groups in total. The highest BCUT2D eigenvalue weighted by Crippen LogP contribution is 2.16. The molecule has 2 aromatic carbocycles. The molecule has 0 fully saturated rings. The number of hydrogen-bond acceptors (Lipinski definition) is 6. The molecular weight excluding hydrogens is 472 g/mol. The molecule has 11 nitrogen and oxygen atoms in total. The third-order valence-corrected chi connectivity index (χ3v) is 5.17. The van der Waals surface area contributed by atoms with Crippen LogP contribution in [0.1, 0.15) is 52.5 Å². The van der Waals surface area contributed by atoms with Crippen molar-refractivity contribution in [1.82, 2.24) is 10.6 Å². The normalized spacial score (nSPS) is 11.4. The number of benzene rings is 2. The maximum Gasteiger partial charge on any atom is 0.356 e. The minimum atomic E-state index is -2.08. The van der Waals surface area contributed by atoms with Gasteiger partial charge in [-0.2, -0.15) is 0 Å². The zero-order valence-electron chi connectivity index (χ0n) is 19.6. The van der Waals surface area contributed by atoms with E-state index in [0.29, 0.717) is 12.1 Å². The number of carboxylic acids is 3. The Bertz CT molecular complexity index is 1080. The molecule has 2 amide bonds. The van der Waals surface area contributed by atoms with Gasteiger partial charge in [0.25, 0.3) is 12.0 Å². The summed E-state index contributed by atoms with van der Waals surface area (Å²) in [7, 11) is 0. The van der Waals surface area contributed by atoms with Crippen LogP contribution in [0.15, 0.2) is 48.5 Å². The standard InChI is InChI=1S/C25H28N2O9/c1-2-3-6-13-26-22(29)19(27-21(28)17-7-4-5-8-18(17)23(30)31)14-15-9-11-16(12-10-15)36-20(24(32)33)25(34)35/h4-5,7-12,19-20H,2-3,6,13-14H2,1H3,(H,26,29)(H,27,28)(H,30,31)(H,32,33)(H,34,35)/t19-/m0/s1. The molecule has 0 radical (unpaired) electrons. The average Bonchev–Trinajstić information content (AvgIpc) is 2.85. The van der Waals surface area contributed by atoms with Gasteiger partial charge in [-0.15, -0.1) is 0 Å². The number of ether oxygens (including phenoxy) is 1. The number of hydrogen-bond donors (Lipinski definition) is 5. The molecule has 0 aromatic heterocycles. The fourth-order valence-electron chi connectivity index (χ4n) is 3.31. The van der Waals surface area contributed by atoms with Crippen LogP contribution in [0.2, 0.25) is 0 Å². The second-order valence-corrected chi connectivity index (χ2v) is 7.90. The topological polar surface area (TPSA) is 179 Å². The largest absolute Gasteiger partial charge is 0.478 e. The number of carbonyl (C=O) groups is 5. The van der Waals surface area contributed by atoms with E-state index in [0.717, 1.165) is 19.3 Å². The predicted octanol–water partition coefficient (Wildman–Crippen LogP) is 1.95. The van der Waals surface area contributed by atoms with Crippen LogP contribution in [0, 0.1) is 0 Å². The number of nitrogens with one attached hydrogen (secondary N) is 2. The van der Waals surface area contributed by atoms with Crippen LogP contribution in [0.4, 0.5) is 0 Å². The summed E-state index contributed by atoms with van der Waals surface area (Å²) in [6, 6.07) is 10.3. The van der Waals surface area contributed by atoms with Gasteiger partial charge in [-0.3, -0.25) is 9.59 Å². The Kier molecular flexibility index (Phi) is 10.4. The second-order valence-electron chi connectivity index (χ2n) is 7.90. The molecule has 0 saturated carbocycles. The van der Waals surface area contributed by atoms with Crippen molar-refractivity contribution in [3.8, 4) is 5.75 Å². The lowest BCUT2D eigenvalue weighted by molar-refractivity contribution is -0.159. The molecule has 0 unspecified atom stereocenters. The third-order valence-electron chi connectivity index (χ3n) is 5.17. The SMILES string of the molecule is CCCCCNC(=O)[C@H](Cc1ccc(OC(C(=O)O)C(=O)O)cc1)NC(=O)c1ccccc1C(=O)O. The third kappa shape index (κ3) is 8.12. The van der Waals surface area contributed by atoms with Crippen molar-refractivity contribution in [2.24, 2.45) is 0 Å². The van der Waals surface area contributed by atoms with E-state index in [9.17, 15) is 29.1 Å². The molecule has 0 bridgehead atoms. The summed E-state index contributed by atoms with van der Waals surface area (Å²) >= 11 is 0. The summed E-state index contributed by atoms with van der Waals surface area (Å²) in [4.78, 5) is 59.3. The maximum atomic E-state index is 12.9. The van der Waals surface area contributed by atoms with Gasteiger partial charge < -0.3 is 30.7 Å². The fourth-order valence-corrected chi connectivity index (χ4v) is 3.31. The highest BCUT2D eigenvalue weighted by Gasteiger charge is 2.28. The van der Waals surface area contributed by atoms with Crippen LogP contribution in [-0.2, 0) is 20.8 Å². The number of rotatable bonds is 14. The Hall–Kier alpha value is -4.41. The zero-order valence-corrected chi connectivity index (χ0v) is 19.6. The van der Waals surface area contributed by atoms with Crippen molar-refractivity contribution in [3.05, 3.63) is 65.2 Å². The van der Waals surface area contributed by atoms with E-state index in [4.69, 9.17) is 14.9 Å². The first-order chi connectivity index (χ1) is 17.1. The molecule has 0 aliphatic rings. The molecule has 0 aliphatic heterocycles. The molecule has 36 heavy (non-hydrogen) atoms. The van der Waals surface area contributed by atoms with E-state index in [1.54, 1.807) is 0 Å². The summed E-state index contributed by atoms with van der Waals surface area (Å²) in [6.45, 7) is 2.43. The Morgan fingerprint density at radius 1 is 0.861 bits per heavy atom. The van der Waals surface area contributed by atoms with Gasteiger partial charge in [-0.25, -0.2) is 14.4 Å². The molecule has 0 saturated heterocycles. The average molecular weight is 501 g/mol. The molecule has 2 rings (SSSR count). The van der Waals surface area contributed by atoms with E-state index in [-0.39, 0.29) is 23.3 Å². The summed E-state index contributed by atoms with van der Waals surface area (Å²) in [5, 5.41) is 32.6. The molecule has 192 valence electrons. The summed E-state index contributed by atoms with van der Waals surface area (Å²) in [5.41, 5.74) is 0.265. The van der Waals surface area contributed by atoms with Crippen molar-refractivity contribution in [3.63, 3.8) is 0 Å². The van der Waals surface area contributed by atoms with Gasteiger partial charge >= 0.3 is 17.9 Å². The van der Waals surface area contributed by atoms with E-state index in [2.05, 4.69) is 10.6 Å². The minimum Gasteiger partial charge on any atom is -0.478 e. The van der Waals surface area contributed by atoms with Crippen LogP contribution < -0.4 is 15.4 Å². The quantitative estimate of drug-likeness (QED) is 0.191. The van der Waals surface area contributed by atoms with Crippen LogP contribution in [0.25, 0.3) is 0 Å². The number of aliphatic carboxylic acids is 2. The maximum absolute atomic E-state index is 12.9. The highest BCUT2D eigenvalue weighted by molar-refractivity contribution is 6.06. The number of aromatic carboxylic acids is 1. The smallest absolute Gasteiger partial charge is 0.356 e. The molecule has 0 spiro atoms. The molecule has 0 aliphatic carbocycles. The van der Waals surface area contributed by atoms with Gasteiger partial charge in [0.05, 0.1) is 11.1 Å². The van der Waals surface area contributed by atoms with Gasteiger partial charge in [-0.05, 0) is 36.2 Å². The Labute approximate surface area is 207 Å². The van der Waals surface area contributed by atoms with Gasteiger partial charge in [0.1, 0.15) is 11.8 Å². The van der Waals surface area contributed by atoms with Gasteiger partial charge in [0.2, 0.25) is 5.91 Å².